The molecule has 1 aromatic carbocycles. The first-order chi connectivity index (χ1) is 15.8. The number of nitrogens with one attached hydrogen (secondary N) is 1. The van der Waals surface area contributed by atoms with Gasteiger partial charge in [0.25, 0.3) is 17.9 Å². The van der Waals surface area contributed by atoms with E-state index in [9.17, 15) is 14.4 Å². The smallest absolute Gasteiger partial charge is 0.290 e. The second kappa shape index (κ2) is 8.38. The topological polar surface area (TPSA) is 127 Å². The number of likely N-dealkylation sites (tertiary alicyclic amines) is 1. The van der Waals surface area contributed by atoms with Crippen LogP contribution in [0.1, 0.15) is 33.9 Å². The van der Waals surface area contributed by atoms with Gasteiger partial charge in [-0.1, -0.05) is 18.2 Å². The number of para-hydroxylation sites is 1. The van der Waals surface area contributed by atoms with Gasteiger partial charge >= 0.3 is 0 Å². The van der Waals surface area contributed by atoms with Gasteiger partial charge in [-0.25, -0.2) is 0 Å². The minimum atomic E-state index is -0.894. The maximum Gasteiger partial charge on any atom is 0.290 e. The normalized spacial score (nSPS) is 20.7. The molecule has 3 aromatic rings. The van der Waals surface area contributed by atoms with E-state index in [1.807, 2.05) is 30.5 Å². The van der Waals surface area contributed by atoms with Crippen LogP contribution in [-0.4, -0.2) is 49.2 Å². The quantitative estimate of drug-likeness (QED) is 0.568. The van der Waals surface area contributed by atoms with Gasteiger partial charge in [0.15, 0.2) is 0 Å². The van der Waals surface area contributed by atoms with Crippen molar-refractivity contribution in [2.24, 2.45) is 14.1 Å². The Kier molecular flexibility index (Phi) is 5.59. The number of fused-ring (bicyclic) bond motifs is 2. The summed E-state index contributed by atoms with van der Waals surface area (Å²) < 4.78 is 3.09. The first kappa shape index (κ1) is 22.0. The number of carboxylic acid groups (broad SMARTS) is 1. The van der Waals surface area contributed by atoms with E-state index in [4.69, 9.17) is 9.90 Å². The molecule has 10 nitrogen and oxygen atoms in total. The summed E-state index contributed by atoms with van der Waals surface area (Å²) in [6.07, 6.45) is 5.62. The van der Waals surface area contributed by atoms with E-state index in [1.165, 1.54) is 10.6 Å². The van der Waals surface area contributed by atoms with E-state index in [-0.39, 0.29) is 23.8 Å². The number of amides is 2. The third kappa shape index (κ3) is 3.49. The molecule has 0 aliphatic carbocycles. The second-order valence-corrected chi connectivity index (χ2v) is 8.04. The SMILES string of the molecule is Cn1cc([C@@H]2N(C(=O)c3ccn(C)c(=O)c3)CC[C@]23C(=O)Nc2ccccc23)cn1.O=CO. The number of hydrogen-bond donors (Lipinski definition) is 2. The number of hydrogen-bond acceptors (Lipinski definition) is 5. The van der Waals surface area contributed by atoms with Crippen LogP contribution in [0.3, 0.4) is 0 Å². The molecule has 1 saturated heterocycles. The Balaban J connectivity index is 0.000000821. The Morgan fingerprint density at radius 1 is 1.24 bits per heavy atom. The molecule has 33 heavy (non-hydrogen) atoms. The molecule has 4 heterocycles. The fourth-order valence-electron chi connectivity index (χ4n) is 4.80. The third-order valence-electron chi connectivity index (χ3n) is 6.24. The number of aromatic nitrogens is 3. The zero-order valence-corrected chi connectivity index (χ0v) is 18.1. The lowest BCUT2D eigenvalue weighted by Crippen LogP contribution is -2.42. The van der Waals surface area contributed by atoms with Crippen molar-refractivity contribution in [2.45, 2.75) is 17.9 Å². The van der Waals surface area contributed by atoms with Crippen LogP contribution in [0, 0.1) is 0 Å². The minimum Gasteiger partial charge on any atom is -0.483 e. The molecule has 0 bridgehead atoms. The van der Waals surface area contributed by atoms with Gasteiger partial charge in [0, 0.05) is 55.9 Å². The fraction of sp³-hybridized carbons (Fsp3) is 0.261. The predicted octanol–water partition coefficient (Wildman–Crippen LogP) is 1.30. The summed E-state index contributed by atoms with van der Waals surface area (Å²) >= 11 is 0. The molecular formula is C23H23N5O5. The van der Waals surface area contributed by atoms with E-state index < -0.39 is 11.5 Å². The third-order valence-corrected chi connectivity index (χ3v) is 6.24. The molecule has 5 rings (SSSR count). The number of aryl methyl sites for hydroxylation is 2. The largest absolute Gasteiger partial charge is 0.483 e. The Labute approximate surface area is 189 Å². The molecule has 2 amide bonds. The van der Waals surface area contributed by atoms with Crippen LogP contribution in [0.2, 0.25) is 0 Å². The molecular weight excluding hydrogens is 426 g/mol. The number of pyridine rings is 1. The van der Waals surface area contributed by atoms with Crippen molar-refractivity contribution >= 4 is 24.0 Å². The summed E-state index contributed by atoms with van der Waals surface area (Å²) in [5.74, 6) is -0.382. The summed E-state index contributed by atoms with van der Waals surface area (Å²) in [4.78, 5) is 49.0. The highest BCUT2D eigenvalue weighted by Crippen LogP contribution is 2.54. The Hall–Kier alpha value is -4.21. The van der Waals surface area contributed by atoms with Crippen LogP contribution in [-0.2, 0) is 29.1 Å². The van der Waals surface area contributed by atoms with E-state index in [1.54, 1.807) is 42.1 Å². The van der Waals surface area contributed by atoms with Crippen molar-refractivity contribution in [1.82, 2.24) is 19.2 Å². The van der Waals surface area contributed by atoms with E-state index >= 15 is 0 Å². The second-order valence-electron chi connectivity index (χ2n) is 8.04. The average Bonchev–Trinajstić information content (AvgIpc) is 3.47. The van der Waals surface area contributed by atoms with Crippen molar-refractivity contribution in [2.75, 3.05) is 11.9 Å². The summed E-state index contributed by atoms with van der Waals surface area (Å²) in [6.45, 7) is 0.148. The van der Waals surface area contributed by atoms with Crippen molar-refractivity contribution in [3.05, 3.63) is 82.0 Å². The minimum absolute atomic E-state index is 0.114. The van der Waals surface area contributed by atoms with Crippen molar-refractivity contribution in [1.29, 1.82) is 0 Å². The standard InChI is InChI=1S/C22H21N5O3.CH2O2/c1-25-9-7-14(11-18(25)28)20(29)27-10-8-22(19(27)15-12-23-26(2)13-15)16-5-3-4-6-17(16)24-21(22)30;2-1-3/h3-7,9,11-13,19H,8,10H2,1-2H3,(H,24,30);1H,(H,2,3)/t19-,22+;/m0./s1. The molecule has 2 atom stereocenters. The van der Waals surface area contributed by atoms with Crippen LogP contribution in [0.5, 0.6) is 0 Å². The van der Waals surface area contributed by atoms with Gasteiger partial charge in [-0.3, -0.25) is 23.9 Å². The molecule has 0 saturated carbocycles. The number of carbonyl (C=O) groups excluding carboxylic acids is 2. The average molecular weight is 449 g/mol. The van der Waals surface area contributed by atoms with Crippen LogP contribution in [0.4, 0.5) is 5.69 Å². The maximum absolute atomic E-state index is 13.5. The van der Waals surface area contributed by atoms with Crippen molar-refractivity contribution < 1.29 is 19.5 Å². The van der Waals surface area contributed by atoms with E-state index in [0.717, 1.165) is 16.8 Å². The lowest BCUT2D eigenvalue weighted by atomic mass is 9.73. The highest BCUT2D eigenvalue weighted by Gasteiger charge is 2.59. The Bertz CT molecular complexity index is 1300. The summed E-state index contributed by atoms with van der Waals surface area (Å²) in [7, 11) is 3.44. The van der Waals surface area contributed by atoms with Crippen molar-refractivity contribution in [3.63, 3.8) is 0 Å². The summed E-state index contributed by atoms with van der Waals surface area (Å²) in [5, 5.41) is 14.2. The monoisotopic (exact) mass is 449 g/mol. The van der Waals surface area contributed by atoms with Gasteiger partial charge in [0.1, 0.15) is 5.41 Å². The predicted molar refractivity (Wildman–Crippen MR) is 119 cm³/mol. The number of nitrogens with zero attached hydrogens (tertiary/aromatic N) is 4. The summed E-state index contributed by atoms with van der Waals surface area (Å²) in [5.41, 5.74) is 1.63. The van der Waals surface area contributed by atoms with Crippen LogP contribution in [0.25, 0.3) is 0 Å². The molecule has 170 valence electrons. The number of rotatable bonds is 2. The molecule has 2 aromatic heterocycles. The molecule has 0 radical (unpaired) electrons. The first-order valence-electron chi connectivity index (χ1n) is 10.3. The molecule has 0 unspecified atom stereocenters. The molecule has 10 heteroatoms. The number of benzene rings is 1. The lowest BCUT2D eigenvalue weighted by Gasteiger charge is -2.33. The van der Waals surface area contributed by atoms with E-state index in [2.05, 4.69) is 10.4 Å². The van der Waals surface area contributed by atoms with E-state index in [0.29, 0.717) is 18.5 Å². The highest BCUT2D eigenvalue weighted by atomic mass is 16.3. The van der Waals surface area contributed by atoms with Gasteiger partial charge in [0.05, 0.1) is 12.2 Å². The van der Waals surface area contributed by atoms with Crippen LogP contribution in [0.15, 0.2) is 59.8 Å². The molecule has 2 aliphatic rings. The molecule has 1 spiro atoms. The van der Waals surface area contributed by atoms with Gasteiger partial charge < -0.3 is 19.9 Å². The lowest BCUT2D eigenvalue weighted by molar-refractivity contribution is -0.123. The van der Waals surface area contributed by atoms with Gasteiger partial charge in [-0.05, 0) is 24.1 Å². The van der Waals surface area contributed by atoms with Gasteiger partial charge in [-0.15, -0.1) is 0 Å². The zero-order chi connectivity index (χ0) is 23.8. The zero-order valence-electron chi connectivity index (χ0n) is 18.1. The van der Waals surface area contributed by atoms with Gasteiger partial charge in [-0.2, -0.15) is 5.10 Å². The van der Waals surface area contributed by atoms with Crippen LogP contribution < -0.4 is 10.9 Å². The highest BCUT2D eigenvalue weighted by molar-refractivity contribution is 6.08. The Morgan fingerprint density at radius 3 is 2.64 bits per heavy atom. The summed E-state index contributed by atoms with van der Waals surface area (Å²) in [6, 6.07) is 10.1. The molecule has 2 N–H and O–H groups in total. The number of anilines is 1. The van der Waals surface area contributed by atoms with Gasteiger partial charge in [0.2, 0.25) is 5.91 Å². The molecule has 1 fully saturated rings. The maximum atomic E-state index is 13.5. The fourth-order valence-corrected chi connectivity index (χ4v) is 4.80. The van der Waals surface area contributed by atoms with Crippen molar-refractivity contribution in [3.8, 4) is 0 Å². The first-order valence-corrected chi connectivity index (χ1v) is 10.3. The molecule has 2 aliphatic heterocycles. The van der Waals surface area contributed by atoms with Crippen LogP contribution >= 0.6 is 0 Å². The Morgan fingerprint density at radius 2 is 1.97 bits per heavy atom. The number of carbonyl (C=O) groups is 3.